The third-order valence-corrected chi connectivity index (χ3v) is 3.05. The SMILES string of the molecule is FC(F)(F)c1cccn2c(C3CNC3)ncc12. The van der Waals surface area contributed by atoms with Gasteiger partial charge >= 0.3 is 6.18 Å². The van der Waals surface area contributed by atoms with E-state index in [1.165, 1.54) is 16.7 Å². The Morgan fingerprint density at radius 2 is 2.12 bits per heavy atom. The Morgan fingerprint density at radius 1 is 1.35 bits per heavy atom. The van der Waals surface area contributed by atoms with E-state index < -0.39 is 11.7 Å². The molecule has 1 fully saturated rings. The molecule has 0 aromatic carbocycles. The van der Waals surface area contributed by atoms with E-state index in [1.54, 1.807) is 6.20 Å². The van der Waals surface area contributed by atoms with Crippen LogP contribution in [0, 0.1) is 0 Å². The summed E-state index contributed by atoms with van der Waals surface area (Å²) in [5.41, 5.74) is -0.507. The summed E-state index contributed by atoms with van der Waals surface area (Å²) in [6, 6.07) is 2.49. The Kier molecular flexibility index (Phi) is 2.16. The van der Waals surface area contributed by atoms with E-state index in [1.807, 2.05) is 0 Å². The predicted octanol–water partition coefficient (Wildman–Crippen LogP) is 2.04. The van der Waals surface area contributed by atoms with Gasteiger partial charge in [-0.25, -0.2) is 4.98 Å². The number of halogens is 3. The maximum Gasteiger partial charge on any atom is 0.418 e. The molecule has 1 N–H and O–H groups in total. The monoisotopic (exact) mass is 241 g/mol. The number of rotatable bonds is 1. The average Bonchev–Trinajstić information content (AvgIpc) is 2.58. The van der Waals surface area contributed by atoms with Crippen LogP contribution in [0.2, 0.25) is 0 Å². The highest BCUT2D eigenvalue weighted by Gasteiger charge is 2.34. The summed E-state index contributed by atoms with van der Waals surface area (Å²) >= 11 is 0. The van der Waals surface area contributed by atoms with Gasteiger partial charge in [0.2, 0.25) is 0 Å². The normalized spacial score (nSPS) is 17.4. The molecule has 2 aromatic rings. The van der Waals surface area contributed by atoms with E-state index in [-0.39, 0.29) is 11.4 Å². The first kappa shape index (κ1) is 10.6. The Balaban J connectivity index is 2.18. The van der Waals surface area contributed by atoms with Crippen molar-refractivity contribution in [3.8, 4) is 0 Å². The molecule has 0 bridgehead atoms. The van der Waals surface area contributed by atoms with Crippen LogP contribution in [0.4, 0.5) is 13.2 Å². The minimum atomic E-state index is -4.34. The Labute approximate surface area is 95.3 Å². The minimum absolute atomic E-state index is 0.127. The Hall–Kier alpha value is -1.56. The van der Waals surface area contributed by atoms with Gasteiger partial charge in [0, 0.05) is 25.2 Å². The number of fused-ring (bicyclic) bond motifs is 1. The molecule has 6 heteroatoms. The molecule has 0 spiro atoms. The van der Waals surface area contributed by atoms with Gasteiger partial charge in [0.05, 0.1) is 17.3 Å². The Bertz CT molecular complexity index is 555. The molecule has 2 aromatic heterocycles. The number of imidazole rings is 1. The molecule has 0 amide bonds. The quantitative estimate of drug-likeness (QED) is 0.827. The summed E-state index contributed by atoms with van der Waals surface area (Å²) in [4.78, 5) is 4.11. The van der Waals surface area contributed by atoms with Gasteiger partial charge in [0.15, 0.2) is 0 Å². The fourth-order valence-electron chi connectivity index (χ4n) is 2.05. The molecule has 90 valence electrons. The number of hydrogen-bond donors (Lipinski definition) is 1. The molecule has 0 atom stereocenters. The van der Waals surface area contributed by atoms with Gasteiger partial charge in [0.1, 0.15) is 5.82 Å². The van der Waals surface area contributed by atoms with E-state index in [0.29, 0.717) is 5.82 Å². The van der Waals surface area contributed by atoms with E-state index in [4.69, 9.17) is 0 Å². The van der Waals surface area contributed by atoms with Gasteiger partial charge in [-0.15, -0.1) is 0 Å². The summed E-state index contributed by atoms with van der Waals surface area (Å²) in [5.74, 6) is 0.908. The molecule has 3 rings (SSSR count). The van der Waals surface area contributed by atoms with Gasteiger partial charge in [-0.1, -0.05) is 0 Å². The van der Waals surface area contributed by atoms with Crippen molar-refractivity contribution >= 4 is 5.52 Å². The molecule has 17 heavy (non-hydrogen) atoms. The minimum Gasteiger partial charge on any atom is -0.315 e. The lowest BCUT2D eigenvalue weighted by Gasteiger charge is -2.25. The number of alkyl halides is 3. The third-order valence-electron chi connectivity index (χ3n) is 3.05. The van der Waals surface area contributed by atoms with Crippen molar-refractivity contribution in [2.24, 2.45) is 0 Å². The standard InChI is InChI=1S/C11H10F3N3/c12-11(13,14)8-2-1-3-17-9(8)6-16-10(17)7-4-15-5-7/h1-3,6-7,15H,4-5H2. The van der Waals surface area contributed by atoms with E-state index >= 15 is 0 Å². The summed E-state index contributed by atoms with van der Waals surface area (Å²) in [6.45, 7) is 1.55. The van der Waals surface area contributed by atoms with Crippen LogP contribution in [0.15, 0.2) is 24.5 Å². The highest BCUT2D eigenvalue weighted by atomic mass is 19.4. The molecule has 0 unspecified atom stereocenters. The van der Waals surface area contributed by atoms with Crippen LogP contribution in [-0.4, -0.2) is 22.5 Å². The van der Waals surface area contributed by atoms with Crippen molar-refractivity contribution < 1.29 is 13.2 Å². The number of nitrogens with zero attached hydrogens (tertiary/aromatic N) is 2. The van der Waals surface area contributed by atoms with Crippen molar-refractivity contribution in [1.29, 1.82) is 0 Å². The summed E-state index contributed by atoms with van der Waals surface area (Å²) in [5, 5.41) is 3.08. The molecule has 1 aliphatic heterocycles. The van der Waals surface area contributed by atoms with Gasteiger partial charge in [-0.3, -0.25) is 0 Å². The fraction of sp³-hybridized carbons (Fsp3) is 0.364. The summed E-state index contributed by atoms with van der Waals surface area (Å²) in [6.07, 6.45) is -1.40. The predicted molar refractivity (Wildman–Crippen MR) is 55.8 cm³/mol. The first-order valence-corrected chi connectivity index (χ1v) is 5.31. The second-order valence-corrected chi connectivity index (χ2v) is 4.15. The number of hydrogen-bond acceptors (Lipinski definition) is 2. The lowest BCUT2D eigenvalue weighted by Crippen LogP contribution is -2.40. The maximum atomic E-state index is 12.8. The topological polar surface area (TPSA) is 29.3 Å². The second kappa shape index (κ2) is 3.46. The fourth-order valence-corrected chi connectivity index (χ4v) is 2.05. The molecule has 1 aliphatic rings. The second-order valence-electron chi connectivity index (χ2n) is 4.15. The van der Waals surface area contributed by atoms with Crippen molar-refractivity contribution in [2.45, 2.75) is 12.1 Å². The third kappa shape index (κ3) is 1.59. The molecule has 3 nitrogen and oxygen atoms in total. The highest BCUT2D eigenvalue weighted by Crippen LogP contribution is 2.33. The van der Waals surface area contributed by atoms with Crippen LogP contribution < -0.4 is 5.32 Å². The van der Waals surface area contributed by atoms with Crippen LogP contribution in [0.3, 0.4) is 0 Å². The van der Waals surface area contributed by atoms with Crippen molar-refractivity contribution in [2.75, 3.05) is 13.1 Å². The van der Waals surface area contributed by atoms with Gasteiger partial charge in [-0.2, -0.15) is 13.2 Å². The zero-order chi connectivity index (χ0) is 12.0. The van der Waals surface area contributed by atoms with Crippen molar-refractivity contribution in [3.05, 3.63) is 35.9 Å². The molecule has 0 aliphatic carbocycles. The molecule has 0 radical (unpaired) electrons. The van der Waals surface area contributed by atoms with Crippen LogP contribution in [0.25, 0.3) is 5.52 Å². The lowest BCUT2D eigenvalue weighted by atomic mass is 10.0. The molecule has 1 saturated heterocycles. The molecule has 0 saturated carbocycles. The summed E-state index contributed by atoms with van der Waals surface area (Å²) < 4.78 is 39.8. The summed E-state index contributed by atoms with van der Waals surface area (Å²) in [7, 11) is 0. The van der Waals surface area contributed by atoms with E-state index in [0.717, 1.165) is 19.2 Å². The largest absolute Gasteiger partial charge is 0.418 e. The lowest BCUT2D eigenvalue weighted by molar-refractivity contribution is -0.136. The number of aromatic nitrogens is 2. The zero-order valence-electron chi connectivity index (χ0n) is 8.83. The molecule has 3 heterocycles. The molecular formula is C11H10F3N3. The first-order valence-electron chi connectivity index (χ1n) is 5.31. The van der Waals surface area contributed by atoms with Gasteiger partial charge in [0.25, 0.3) is 0 Å². The number of pyridine rings is 1. The highest BCUT2D eigenvalue weighted by molar-refractivity contribution is 5.56. The Morgan fingerprint density at radius 3 is 2.71 bits per heavy atom. The van der Waals surface area contributed by atoms with Crippen LogP contribution in [0.1, 0.15) is 17.3 Å². The maximum absolute atomic E-state index is 12.8. The van der Waals surface area contributed by atoms with Gasteiger partial charge < -0.3 is 9.72 Å². The zero-order valence-corrected chi connectivity index (χ0v) is 8.83. The van der Waals surface area contributed by atoms with Crippen molar-refractivity contribution in [1.82, 2.24) is 14.7 Å². The van der Waals surface area contributed by atoms with Crippen LogP contribution in [0.5, 0.6) is 0 Å². The van der Waals surface area contributed by atoms with Gasteiger partial charge in [-0.05, 0) is 12.1 Å². The van der Waals surface area contributed by atoms with E-state index in [2.05, 4.69) is 10.3 Å². The van der Waals surface area contributed by atoms with Crippen LogP contribution >= 0.6 is 0 Å². The van der Waals surface area contributed by atoms with Crippen molar-refractivity contribution in [3.63, 3.8) is 0 Å². The smallest absolute Gasteiger partial charge is 0.315 e. The average molecular weight is 241 g/mol. The van der Waals surface area contributed by atoms with E-state index in [9.17, 15) is 13.2 Å². The first-order chi connectivity index (χ1) is 8.07. The van der Waals surface area contributed by atoms with Crippen LogP contribution in [-0.2, 0) is 6.18 Å². The number of nitrogens with one attached hydrogen (secondary N) is 1. The molecular weight excluding hydrogens is 231 g/mol.